The minimum atomic E-state index is -3.23. The van der Waals surface area contributed by atoms with Crippen LogP contribution in [0.2, 0.25) is 0 Å². The van der Waals surface area contributed by atoms with Gasteiger partial charge < -0.3 is 9.84 Å². The van der Waals surface area contributed by atoms with Crippen LogP contribution in [0.1, 0.15) is 41.8 Å². The Morgan fingerprint density at radius 2 is 2.14 bits per heavy atom. The molecule has 0 fully saturated rings. The van der Waals surface area contributed by atoms with Crippen molar-refractivity contribution < 1.29 is 12.9 Å². The van der Waals surface area contributed by atoms with E-state index in [0.29, 0.717) is 5.89 Å². The number of nitrogens with zero attached hydrogens (tertiary/aromatic N) is 2. The molecule has 112 valence electrons. The van der Waals surface area contributed by atoms with Gasteiger partial charge in [-0.25, -0.2) is 8.42 Å². The third-order valence-corrected chi connectivity index (χ3v) is 5.34. The van der Waals surface area contributed by atoms with Crippen LogP contribution in [0.15, 0.2) is 28.8 Å². The number of sulfone groups is 1. The molecular weight excluding hydrogens is 290 g/mol. The third kappa shape index (κ3) is 2.65. The summed E-state index contributed by atoms with van der Waals surface area (Å²) >= 11 is 0. The molecule has 2 atom stereocenters. The first-order valence-electron chi connectivity index (χ1n) is 6.82. The first-order chi connectivity index (χ1) is 9.97. The van der Waals surface area contributed by atoms with E-state index in [4.69, 9.17) is 4.52 Å². The lowest BCUT2D eigenvalue weighted by molar-refractivity contribution is 0.356. The molecule has 1 N–H and O–H groups in total. The van der Waals surface area contributed by atoms with Gasteiger partial charge in [0, 0.05) is 18.5 Å². The van der Waals surface area contributed by atoms with Gasteiger partial charge in [-0.05, 0) is 25.0 Å². The van der Waals surface area contributed by atoms with Crippen LogP contribution >= 0.6 is 0 Å². The number of aromatic nitrogens is 2. The molecule has 3 rings (SSSR count). The maximum atomic E-state index is 11.6. The molecule has 0 saturated carbocycles. The van der Waals surface area contributed by atoms with Crippen molar-refractivity contribution in [3.8, 4) is 0 Å². The summed E-state index contributed by atoms with van der Waals surface area (Å²) in [5.74, 6) is 0.716. The van der Waals surface area contributed by atoms with Gasteiger partial charge >= 0.3 is 0 Å². The van der Waals surface area contributed by atoms with Crippen LogP contribution in [0.5, 0.6) is 0 Å². The van der Waals surface area contributed by atoms with Gasteiger partial charge in [-0.1, -0.05) is 23.4 Å². The molecule has 2 heterocycles. The van der Waals surface area contributed by atoms with Crippen LogP contribution in [-0.4, -0.2) is 31.4 Å². The van der Waals surface area contributed by atoms with Crippen molar-refractivity contribution in [1.82, 2.24) is 10.1 Å². The highest BCUT2D eigenvalue weighted by atomic mass is 32.2. The summed E-state index contributed by atoms with van der Waals surface area (Å²) in [5, 5.41) is 6.42. The Balaban J connectivity index is 1.95. The van der Waals surface area contributed by atoms with E-state index in [1.807, 2.05) is 24.3 Å². The van der Waals surface area contributed by atoms with Gasteiger partial charge in [-0.15, -0.1) is 0 Å². The third-order valence-electron chi connectivity index (χ3n) is 3.85. The Morgan fingerprint density at radius 3 is 2.90 bits per heavy atom. The van der Waals surface area contributed by atoms with E-state index < -0.39 is 15.1 Å². The second-order valence-electron chi connectivity index (χ2n) is 5.32. The van der Waals surface area contributed by atoms with Crippen molar-refractivity contribution in [3.63, 3.8) is 0 Å². The van der Waals surface area contributed by atoms with E-state index in [0.717, 1.165) is 24.2 Å². The van der Waals surface area contributed by atoms with Gasteiger partial charge in [-0.3, -0.25) is 0 Å². The van der Waals surface area contributed by atoms with Gasteiger partial charge in [0.25, 0.3) is 0 Å². The Bertz CT molecular complexity index is 754. The molecule has 0 saturated heterocycles. The molecule has 2 aromatic rings. The second kappa shape index (κ2) is 5.14. The van der Waals surface area contributed by atoms with Crippen LogP contribution in [0.3, 0.4) is 0 Å². The van der Waals surface area contributed by atoms with Gasteiger partial charge in [0.2, 0.25) is 5.89 Å². The van der Waals surface area contributed by atoms with Gasteiger partial charge in [0.15, 0.2) is 15.7 Å². The molecule has 21 heavy (non-hydrogen) atoms. The van der Waals surface area contributed by atoms with E-state index in [-0.39, 0.29) is 11.7 Å². The molecule has 1 aliphatic rings. The van der Waals surface area contributed by atoms with Crippen LogP contribution in [0.4, 0.5) is 5.69 Å². The number of para-hydroxylation sites is 1. The highest BCUT2D eigenvalue weighted by Gasteiger charge is 2.29. The fraction of sp³-hybridized carbons (Fsp3) is 0.429. The van der Waals surface area contributed by atoms with E-state index in [2.05, 4.69) is 15.5 Å². The smallest absolute Gasteiger partial charge is 0.234 e. The summed E-state index contributed by atoms with van der Waals surface area (Å²) in [6.45, 7) is 2.39. The molecule has 0 bridgehead atoms. The SMILES string of the molecule is CC(c1noc(C2CCNc3ccccc32)n1)S(C)(=O)=O. The normalized spacial score (nSPS) is 19.6. The molecule has 7 heteroatoms. The molecule has 1 aromatic carbocycles. The van der Waals surface area contributed by atoms with Crippen molar-refractivity contribution in [2.45, 2.75) is 24.5 Å². The summed E-state index contributed by atoms with van der Waals surface area (Å²) < 4.78 is 28.5. The standard InChI is InChI=1S/C14H17N3O3S/c1-9(21(2,18)19)13-16-14(20-17-13)11-7-8-15-12-6-4-3-5-10(11)12/h3-6,9,11,15H,7-8H2,1-2H3. The zero-order chi connectivity index (χ0) is 15.0. The first kappa shape index (κ1) is 14.1. The molecule has 6 nitrogen and oxygen atoms in total. The number of benzene rings is 1. The molecule has 0 aliphatic carbocycles. The van der Waals surface area contributed by atoms with Crippen LogP contribution in [0.25, 0.3) is 0 Å². The molecule has 1 aromatic heterocycles. The molecule has 0 radical (unpaired) electrons. The number of rotatable bonds is 3. The maximum absolute atomic E-state index is 11.6. The van der Waals surface area contributed by atoms with Crippen molar-refractivity contribution in [2.24, 2.45) is 0 Å². The van der Waals surface area contributed by atoms with E-state index in [9.17, 15) is 8.42 Å². The topological polar surface area (TPSA) is 85.1 Å². The molecule has 0 spiro atoms. The average Bonchev–Trinajstić information content (AvgIpc) is 2.94. The minimum Gasteiger partial charge on any atom is -0.385 e. The average molecular weight is 307 g/mol. The van der Waals surface area contributed by atoms with Gasteiger partial charge in [-0.2, -0.15) is 4.98 Å². The van der Waals surface area contributed by atoms with Crippen LogP contribution in [-0.2, 0) is 9.84 Å². The lowest BCUT2D eigenvalue weighted by Gasteiger charge is -2.23. The number of nitrogens with one attached hydrogen (secondary N) is 1. The summed E-state index contributed by atoms with van der Waals surface area (Å²) in [7, 11) is -3.23. The molecule has 1 aliphatic heterocycles. The quantitative estimate of drug-likeness (QED) is 0.935. The van der Waals surface area contributed by atoms with E-state index in [1.165, 1.54) is 6.26 Å². The Morgan fingerprint density at radius 1 is 1.38 bits per heavy atom. The Labute approximate surface area is 123 Å². The first-order valence-corrected chi connectivity index (χ1v) is 8.77. The highest BCUT2D eigenvalue weighted by molar-refractivity contribution is 7.90. The predicted molar refractivity (Wildman–Crippen MR) is 78.9 cm³/mol. The summed E-state index contributed by atoms with van der Waals surface area (Å²) in [5.41, 5.74) is 2.16. The lowest BCUT2D eigenvalue weighted by atomic mass is 9.91. The zero-order valence-electron chi connectivity index (χ0n) is 11.9. The van der Waals surface area contributed by atoms with Crippen LogP contribution in [0, 0.1) is 0 Å². The van der Waals surface area contributed by atoms with Gasteiger partial charge in [0.1, 0.15) is 5.25 Å². The Kier molecular flexibility index (Phi) is 3.44. The summed E-state index contributed by atoms with van der Waals surface area (Å²) in [6.07, 6.45) is 2.01. The molecular formula is C14H17N3O3S. The lowest BCUT2D eigenvalue weighted by Crippen LogP contribution is -2.18. The number of fused-ring (bicyclic) bond motifs is 1. The monoisotopic (exact) mass is 307 g/mol. The van der Waals surface area contributed by atoms with Crippen molar-refractivity contribution in [2.75, 3.05) is 18.1 Å². The summed E-state index contributed by atoms with van der Waals surface area (Å²) in [4.78, 5) is 4.31. The highest BCUT2D eigenvalue weighted by Crippen LogP contribution is 2.36. The number of hydrogen-bond acceptors (Lipinski definition) is 6. The second-order valence-corrected chi connectivity index (χ2v) is 7.68. The largest absolute Gasteiger partial charge is 0.385 e. The van der Waals surface area contributed by atoms with E-state index >= 15 is 0 Å². The van der Waals surface area contributed by atoms with Gasteiger partial charge in [0.05, 0.1) is 5.92 Å². The number of hydrogen-bond donors (Lipinski definition) is 1. The van der Waals surface area contributed by atoms with Crippen molar-refractivity contribution >= 4 is 15.5 Å². The fourth-order valence-electron chi connectivity index (χ4n) is 2.47. The maximum Gasteiger partial charge on any atom is 0.234 e. The zero-order valence-corrected chi connectivity index (χ0v) is 12.7. The summed E-state index contributed by atoms with van der Waals surface area (Å²) in [6, 6.07) is 7.97. The predicted octanol–water partition coefficient (Wildman–Crippen LogP) is 2.12. The fourth-order valence-corrected chi connectivity index (χ4v) is 2.95. The number of anilines is 1. The minimum absolute atomic E-state index is 0.00969. The Hall–Kier alpha value is -1.89. The van der Waals surface area contributed by atoms with Crippen LogP contribution < -0.4 is 5.32 Å². The van der Waals surface area contributed by atoms with E-state index in [1.54, 1.807) is 6.92 Å². The van der Waals surface area contributed by atoms with Crippen molar-refractivity contribution in [3.05, 3.63) is 41.5 Å². The molecule has 0 amide bonds. The van der Waals surface area contributed by atoms with Crippen molar-refractivity contribution in [1.29, 1.82) is 0 Å². The molecule has 2 unspecified atom stereocenters.